The Labute approximate surface area is 144 Å². The molecule has 23 heavy (non-hydrogen) atoms. The molecule has 2 aromatic carbocycles. The van der Waals surface area contributed by atoms with Crippen molar-refractivity contribution in [3.63, 3.8) is 0 Å². The Morgan fingerprint density at radius 1 is 1.09 bits per heavy atom. The fraction of sp³-hybridized carbons (Fsp3) is 0. The first-order valence-corrected chi connectivity index (χ1v) is 7.82. The van der Waals surface area contributed by atoms with Crippen LogP contribution in [0.1, 0.15) is 0 Å². The fourth-order valence-corrected chi connectivity index (χ4v) is 2.96. The molecule has 0 bridgehead atoms. The predicted molar refractivity (Wildman–Crippen MR) is 87.0 cm³/mol. The average molecular weight is 368 g/mol. The number of rotatable bonds is 4. The molecule has 0 fully saturated rings. The van der Waals surface area contributed by atoms with E-state index in [4.69, 9.17) is 27.6 Å². The van der Waals surface area contributed by atoms with Gasteiger partial charge in [-0.2, -0.15) is 0 Å². The van der Waals surface area contributed by atoms with E-state index in [1.54, 1.807) is 18.2 Å². The molecular weight excluding hydrogens is 361 g/mol. The molecule has 0 spiro atoms. The Morgan fingerprint density at radius 3 is 2.57 bits per heavy atom. The van der Waals surface area contributed by atoms with E-state index in [1.165, 1.54) is 18.2 Å². The van der Waals surface area contributed by atoms with Gasteiger partial charge in [0.25, 0.3) is 10.9 Å². The summed E-state index contributed by atoms with van der Waals surface area (Å²) >= 11 is 13.2. The minimum atomic E-state index is -0.511. The van der Waals surface area contributed by atoms with Gasteiger partial charge in [-0.1, -0.05) is 35.3 Å². The molecule has 0 aliphatic carbocycles. The molecule has 0 N–H and O–H groups in total. The van der Waals surface area contributed by atoms with Crippen LogP contribution in [0, 0.1) is 10.1 Å². The first kappa shape index (κ1) is 15.8. The second-order valence-corrected chi connectivity index (χ2v) is 6.13. The van der Waals surface area contributed by atoms with Crippen LogP contribution in [-0.4, -0.2) is 15.1 Å². The summed E-state index contributed by atoms with van der Waals surface area (Å²) in [6, 6.07) is 11.3. The van der Waals surface area contributed by atoms with E-state index in [-0.39, 0.29) is 21.8 Å². The van der Waals surface area contributed by atoms with Gasteiger partial charge in [0, 0.05) is 17.0 Å². The largest absolute Gasteiger partial charge is 0.411 e. The van der Waals surface area contributed by atoms with E-state index < -0.39 is 4.92 Å². The molecule has 0 amide bonds. The standard InChI is InChI=1S/C14H7Cl2N3O3S/c15-10-4-2-1-3-9(10)13-17-18-14(22-13)23-12-6-5-8(19(20)21)7-11(12)16/h1-7H. The molecule has 0 aliphatic rings. The van der Waals surface area contributed by atoms with Crippen LogP contribution in [0.4, 0.5) is 5.69 Å². The molecule has 1 heterocycles. The summed E-state index contributed by atoms with van der Waals surface area (Å²) in [4.78, 5) is 10.8. The zero-order valence-electron chi connectivity index (χ0n) is 11.3. The predicted octanol–water partition coefficient (Wildman–Crippen LogP) is 5.10. The number of nitrogens with zero attached hydrogens (tertiary/aromatic N) is 3. The van der Waals surface area contributed by atoms with Crippen molar-refractivity contribution < 1.29 is 9.34 Å². The Balaban J connectivity index is 1.85. The van der Waals surface area contributed by atoms with Crippen molar-refractivity contribution in [2.45, 2.75) is 10.1 Å². The number of non-ortho nitro benzene ring substituents is 1. The summed E-state index contributed by atoms with van der Waals surface area (Å²) in [5, 5.41) is 19.6. The first-order valence-electron chi connectivity index (χ1n) is 6.25. The van der Waals surface area contributed by atoms with E-state index in [0.717, 1.165) is 11.8 Å². The molecular formula is C14H7Cl2N3O3S. The second-order valence-electron chi connectivity index (χ2n) is 4.33. The van der Waals surface area contributed by atoms with Gasteiger partial charge in [-0.15, -0.1) is 10.2 Å². The van der Waals surface area contributed by atoms with Crippen molar-refractivity contribution >= 4 is 40.7 Å². The van der Waals surface area contributed by atoms with Crippen LogP contribution in [0.15, 0.2) is 57.0 Å². The maximum atomic E-state index is 10.7. The Hall–Kier alpha value is -2.09. The lowest BCUT2D eigenvalue weighted by Gasteiger charge is -2.00. The number of halogens is 2. The molecule has 6 nitrogen and oxygen atoms in total. The molecule has 0 saturated carbocycles. The van der Waals surface area contributed by atoms with Crippen LogP contribution in [0.2, 0.25) is 10.0 Å². The van der Waals surface area contributed by atoms with E-state index >= 15 is 0 Å². The van der Waals surface area contributed by atoms with Crippen LogP contribution < -0.4 is 0 Å². The monoisotopic (exact) mass is 367 g/mol. The Morgan fingerprint density at radius 2 is 1.87 bits per heavy atom. The van der Waals surface area contributed by atoms with Crippen molar-refractivity contribution in [2.24, 2.45) is 0 Å². The maximum absolute atomic E-state index is 10.7. The molecule has 116 valence electrons. The van der Waals surface area contributed by atoms with Gasteiger partial charge < -0.3 is 4.42 Å². The number of benzene rings is 2. The summed E-state index contributed by atoms with van der Waals surface area (Å²) in [5.41, 5.74) is 0.546. The molecule has 0 saturated heterocycles. The molecule has 1 aromatic heterocycles. The van der Waals surface area contributed by atoms with Crippen molar-refractivity contribution in [2.75, 3.05) is 0 Å². The molecule has 3 aromatic rings. The Kier molecular flexibility index (Phi) is 4.51. The first-order chi connectivity index (χ1) is 11.0. The van der Waals surface area contributed by atoms with Crippen molar-refractivity contribution in [1.82, 2.24) is 10.2 Å². The SMILES string of the molecule is O=[N+]([O-])c1ccc(Sc2nnc(-c3ccccc3Cl)o2)c(Cl)c1. The van der Waals surface area contributed by atoms with Crippen LogP contribution in [0.3, 0.4) is 0 Å². The van der Waals surface area contributed by atoms with Gasteiger partial charge in [0.1, 0.15) is 0 Å². The number of hydrogen-bond donors (Lipinski definition) is 0. The summed E-state index contributed by atoms with van der Waals surface area (Å²) in [6.45, 7) is 0. The van der Waals surface area contributed by atoms with Gasteiger partial charge in [-0.3, -0.25) is 10.1 Å². The van der Waals surface area contributed by atoms with E-state index in [0.29, 0.717) is 15.5 Å². The molecule has 0 radical (unpaired) electrons. The van der Waals surface area contributed by atoms with Gasteiger partial charge in [0.05, 0.1) is 20.5 Å². The number of nitro groups is 1. The normalized spacial score (nSPS) is 10.7. The average Bonchev–Trinajstić information content (AvgIpc) is 2.98. The van der Waals surface area contributed by atoms with E-state index in [2.05, 4.69) is 10.2 Å². The maximum Gasteiger partial charge on any atom is 0.281 e. The quantitative estimate of drug-likeness (QED) is 0.471. The van der Waals surface area contributed by atoms with E-state index in [1.807, 2.05) is 6.07 Å². The lowest BCUT2D eigenvalue weighted by atomic mass is 10.2. The third-order valence-corrected chi connectivity index (χ3v) is 4.50. The highest BCUT2D eigenvalue weighted by Gasteiger charge is 2.15. The highest BCUT2D eigenvalue weighted by atomic mass is 35.5. The summed E-state index contributed by atoms with van der Waals surface area (Å²) in [5.74, 6) is 0.288. The minimum absolute atomic E-state index is 0.0818. The van der Waals surface area contributed by atoms with Gasteiger partial charge in [0.2, 0.25) is 5.89 Å². The topological polar surface area (TPSA) is 82.1 Å². The lowest BCUT2D eigenvalue weighted by Crippen LogP contribution is -1.87. The summed E-state index contributed by atoms with van der Waals surface area (Å²) < 4.78 is 5.55. The van der Waals surface area contributed by atoms with Gasteiger partial charge >= 0.3 is 0 Å². The summed E-state index contributed by atoms with van der Waals surface area (Å²) in [7, 11) is 0. The van der Waals surface area contributed by atoms with Gasteiger partial charge in [0.15, 0.2) is 0 Å². The van der Waals surface area contributed by atoms with Gasteiger partial charge in [-0.05, 0) is 30.0 Å². The zero-order valence-corrected chi connectivity index (χ0v) is 13.6. The lowest BCUT2D eigenvalue weighted by molar-refractivity contribution is -0.384. The number of aromatic nitrogens is 2. The van der Waals surface area contributed by atoms with Crippen LogP contribution >= 0.6 is 35.0 Å². The van der Waals surface area contributed by atoms with Crippen molar-refractivity contribution in [3.8, 4) is 11.5 Å². The highest BCUT2D eigenvalue weighted by molar-refractivity contribution is 7.99. The molecule has 0 aliphatic heterocycles. The molecule has 0 atom stereocenters. The third kappa shape index (κ3) is 3.47. The fourth-order valence-electron chi connectivity index (χ4n) is 1.77. The number of nitro benzene ring substituents is 1. The smallest absolute Gasteiger partial charge is 0.281 e. The molecule has 9 heteroatoms. The van der Waals surface area contributed by atoms with E-state index in [9.17, 15) is 10.1 Å². The van der Waals surface area contributed by atoms with Crippen LogP contribution in [-0.2, 0) is 0 Å². The van der Waals surface area contributed by atoms with Crippen LogP contribution in [0.5, 0.6) is 0 Å². The van der Waals surface area contributed by atoms with Crippen molar-refractivity contribution in [3.05, 3.63) is 62.6 Å². The molecule has 0 unspecified atom stereocenters. The highest BCUT2D eigenvalue weighted by Crippen LogP contribution is 2.36. The van der Waals surface area contributed by atoms with Crippen molar-refractivity contribution in [1.29, 1.82) is 0 Å². The summed E-state index contributed by atoms with van der Waals surface area (Å²) in [6.07, 6.45) is 0. The molecule has 3 rings (SSSR count). The zero-order chi connectivity index (χ0) is 16.4. The Bertz CT molecular complexity index is 885. The second kappa shape index (κ2) is 6.57. The third-order valence-electron chi connectivity index (χ3n) is 2.83. The van der Waals surface area contributed by atoms with Crippen LogP contribution in [0.25, 0.3) is 11.5 Å². The van der Waals surface area contributed by atoms with Gasteiger partial charge in [-0.25, -0.2) is 0 Å². The number of hydrogen-bond acceptors (Lipinski definition) is 6. The minimum Gasteiger partial charge on any atom is -0.411 e.